The second-order valence-electron chi connectivity index (χ2n) is 4.51. The van der Waals surface area contributed by atoms with Gasteiger partial charge in [-0.3, -0.25) is 0 Å². The van der Waals surface area contributed by atoms with Crippen molar-refractivity contribution in [3.8, 4) is 9.88 Å². The molecule has 0 bridgehead atoms. The van der Waals surface area contributed by atoms with Crippen molar-refractivity contribution >= 4 is 38.6 Å². The minimum Gasteiger partial charge on any atom is -0.312 e. The number of aromatic nitrogens is 1. The van der Waals surface area contributed by atoms with Crippen molar-refractivity contribution in [2.75, 3.05) is 6.54 Å². The summed E-state index contributed by atoms with van der Waals surface area (Å²) in [5, 5.41) is 6.73. The summed E-state index contributed by atoms with van der Waals surface area (Å²) < 4.78 is 1.15. The standard InChI is InChI=1S/C13H15BrN2S2/c1-2-15-6-11-12(8-3-4-8)16-13(18-11)10-5-9(14)7-17-10/h5,7-8,15H,2-4,6H2,1H3. The third kappa shape index (κ3) is 2.69. The summed E-state index contributed by atoms with van der Waals surface area (Å²) in [6, 6.07) is 2.16. The van der Waals surface area contributed by atoms with E-state index in [0.717, 1.165) is 23.5 Å². The Hall–Kier alpha value is -0.230. The van der Waals surface area contributed by atoms with Crippen LogP contribution in [0.4, 0.5) is 0 Å². The maximum Gasteiger partial charge on any atom is 0.133 e. The highest BCUT2D eigenvalue weighted by molar-refractivity contribution is 9.10. The Balaban J connectivity index is 1.91. The predicted octanol–water partition coefficient (Wildman–Crippen LogP) is 4.62. The minimum absolute atomic E-state index is 0.729. The fraction of sp³-hybridized carbons (Fsp3) is 0.462. The largest absolute Gasteiger partial charge is 0.312 e. The average molecular weight is 343 g/mol. The van der Waals surface area contributed by atoms with Gasteiger partial charge in [0.05, 0.1) is 10.6 Å². The average Bonchev–Trinajstić information content (AvgIpc) is 2.98. The fourth-order valence-corrected chi connectivity index (χ4v) is 4.54. The summed E-state index contributed by atoms with van der Waals surface area (Å²) in [6.07, 6.45) is 2.63. The van der Waals surface area contributed by atoms with E-state index in [1.54, 1.807) is 11.3 Å². The Morgan fingerprint density at radius 1 is 1.50 bits per heavy atom. The smallest absolute Gasteiger partial charge is 0.133 e. The Morgan fingerprint density at radius 2 is 2.33 bits per heavy atom. The van der Waals surface area contributed by atoms with Crippen LogP contribution in [0.2, 0.25) is 0 Å². The molecule has 2 aromatic heterocycles. The fourth-order valence-electron chi connectivity index (χ4n) is 1.94. The lowest BCUT2D eigenvalue weighted by Gasteiger charge is -2.00. The molecule has 18 heavy (non-hydrogen) atoms. The Kier molecular flexibility index (Phi) is 3.84. The summed E-state index contributed by atoms with van der Waals surface area (Å²) in [6.45, 7) is 4.13. The Morgan fingerprint density at radius 3 is 2.94 bits per heavy atom. The van der Waals surface area contributed by atoms with E-state index in [0.29, 0.717) is 0 Å². The summed E-state index contributed by atoms with van der Waals surface area (Å²) in [4.78, 5) is 7.58. The molecule has 5 heteroatoms. The van der Waals surface area contributed by atoms with E-state index in [4.69, 9.17) is 4.98 Å². The molecular weight excluding hydrogens is 328 g/mol. The highest BCUT2D eigenvalue weighted by Gasteiger charge is 2.29. The van der Waals surface area contributed by atoms with Gasteiger partial charge in [-0.1, -0.05) is 6.92 Å². The molecule has 1 fully saturated rings. The molecule has 2 nitrogen and oxygen atoms in total. The first-order valence-electron chi connectivity index (χ1n) is 6.22. The molecule has 0 atom stereocenters. The number of halogens is 1. The third-order valence-electron chi connectivity index (χ3n) is 3.01. The van der Waals surface area contributed by atoms with Crippen LogP contribution in [0.1, 0.15) is 36.3 Å². The quantitative estimate of drug-likeness (QED) is 0.857. The first-order chi connectivity index (χ1) is 8.78. The van der Waals surface area contributed by atoms with Gasteiger partial charge >= 0.3 is 0 Å². The molecule has 0 aliphatic heterocycles. The monoisotopic (exact) mass is 342 g/mol. The highest BCUT2D eigenvalue weighted by atomic mass is 79.9. The zero-order valence-corrected chi connectivity index (χ0v) is 13.4. The molecule has 0 spiro atoms. The second-order valence-corrected chi connectivity index (χ2v) is 7.42. The molecule has 1 N–H and O–H groups in total. The molecule has 0 radical (unpaired) electrons. The van der Waals surface area contributed by atoms with E-state index in [1.807, 2.05) is 11.3 Å². The van der Waals surface area contributed by atoms with Gasteiger partial charge in [0.25, 0.3) is 0 Å². The minimum atomic E-state index is 0.729. The second kappa shape index (κ2) is 5.41. The van der Waals surface area contributed by atoms with Gasteiger partial charge in [-0.05, 0) is 41.4 Å². The van der Waals surface area contributed by atoms with Gasteiger partial charge in [0.15, 0.2) is 0 Å². The molecule has 2 aromatic rings. The molecule has 3 rings (SSSR count). The number of rotatable bonds is 5. The zero-order chi connectivity index (χ0) is 12.5. The molecule has 0 unspecified atom stereocenters. The van der Waals surface area contributed by atoms with Crippen molar-refractivity contribution in [2.45, 2.75) is 32.2 Å². The van der Waals surface area contributed by atoms with Crippen LogP contribution in [0.25, 0.3) is 9.88 Å². The topological polar surface area (TPSA) is 24.9 Å². The Bertz CT molecular complexity index is 543. The van der Waals surface area contributed by atoms with Crippen molar-refractivity contribution < 1.29 is 0 Å². The van der Waals surface area contributed by atoms with E-state index in [1.165, 1.54) is 33.3 Å². The van der Waals surface area contributed by atoms with Crippen molar-refractivity contribution in [3.05, 3.63) is 26.5 Å². The predicted molar refractivity (Wildman–Crippen MR) is 82.5 cm³/mol. The van der Waals surface area contributed by atoms with E-state index in [2.05, 4.69) is 39.6 Å². The van der Waals surface area contributed by atoms with E-state index in [-0.39, 0.29) is 0 Å². The van der Waals surface area contributed by atoms with E-state index in [9.17, 15) is 0 Å². The van der Waals surface area contributed by atoms with Crippen LogP contribution in [0.15, 0.2) is 15.9 Å². The number of thiazole rings is 1. The highest BCUT2D eigenvalue weighted by Crippen LogP contribution is 2.45. The SMILES string of the molecule is CCNCc1sc(-c2cc(Br)cs2)nc1C1CC1. The van der Waals surface area contributed by atoms with Crippen LogP contribution in [0, 0.1) is 0 Å². The zero-order valence-electron chi connectivity index (χ0n) is 10.2. The van der Waals surface area contributed by atoms with E-state index >= 15 is 0 Å². The maximum atomic E-state index is 4.88. The number of hydrogen-bond donors (Lipinski definition) is 1. The summed E-state index contributed by atoms with van der Waals surface area (Å²) in [7, 11) is 0. The van der Waals surface area contributed by atoms with Crippen LogP contribution in [0.5, 0.6) is 0 Å². The van der Waals surface area contributed by atoms with Crippen molar-refractivity contribution in [1.29, 1.82) is 0 Å². The number of hydrogen-bond acceptors (Lipinski definition) is 4. The molecule has 1 saturated carbocycles. The lowest BCUT2D eigenvalue weighted by Crippen LogP contribution is -2.11. The van der Waals surface area contributed by atoms with Crippen LogP contribution in [-0.4, -0.2) is 11.5 Å². The molecule has 1 aliphatic rings. The molecular formula is C13H15BrN2S2. The van der Waals surface area contributed by atoms with Gasteiger partial charge in [0.2, 0.25) is 0 Å². The molecule has 0 aromatic carbocycles. The van der Waals surface area contributed by atoms with Gasteiger partial charge in [-0.2, -0.15) is 0 Å². The maximum absolute atomic E-state index is 4.88. The van der Waals surface area contributed by atoms with E-state index < -0.39 is 0 Å². The van der Waals surface area contributed by atoms with Crippen LogP contribution >= 0.6 is 38.6 Å². The van der Waals surface area contributed by atoms with Crippen LogP contribution in [-0.2, 0) is 6.54 Å². The molecule has 0 amide bonds. The van der Waals surface area contributed by atoms with Crippen molar-refractivity contribution in [2.24, 2.45) is 0 Å². The number of nitrogens with one attached hydrogen (secondary N) is 1. The number of nitrogens with zero attached hydrogens (tertiary/aromatic N) is 1. The first kappa shape index (κ1) is 12.8. The van der Waals surface area contributed by atoms with Crippen LogP contribution in [0.3, 0.4) is 0 Å². The van der Waals surface area contributed by atoms with Crippen LogP contribution < -0.4 is 5.32 Å². The lowest BCUT2D eigenvalue weighted by molar-refractivity contribution is 0.727. The number of thiophene rings is 1. The third-order valence-corrected chi connectivity index (χ3v) is 5.94. The van der Waals surface area contributed by atoms with Gasteiger partial charge < -0.3 is 5.32 Å². The Labute approximate surface area is 124 Å². The molecule has 0 saturated heterocycles. The summed E-state index contributed by atoms with van der Waals surface area (Å²) >= 11 is 7.12. The van der Waals surface area contributed by atoms with Gasteiger partial charge in [-0.25, -0.2) is 4.98 Å². The summed E-state index contributed by atoms with van der Waals surface area (Å²) in [5.41, 5.74) is 1.35. The molecule has 1 aliphatic carbocycles. The lowest BCUT2D eigenvalue weighted by atomic mass is 10.2. The molecule has 2 heterocycles. The first-order valence-corrected chi connectivity index (χ1v) is 8.71. The van der Waals surface area contributed by atoms with Gasteiger partial charge in [0, 0.05) is 27.2 Å². The summed E-state index contributed by atoms with van der Waals surface area (Å²) in [5.74, 6) is 0.729. The van der Waals surface area contributed by atoms with Gasteiger partial charge in [-0.15, -0.1) is 22.7 Å². The van der Waals surface area contributed by atoms with Gasteiger partial charge in [0.1, 0.15) is 5.01 Å². The van der Waals surface area contributed by atoms with Crippen molar-refractivity contribution in [3.63, 3.8) is 0 Å². The van der Waals surface area contributed by atoms with Crippen molar-refractivity contribution in [1.82, 2.24) is 10.3 Å². The normalized spacial score (nSPS) is 15.2. The molecule has 96 valence electrons.